The van der Waals surface area contributed by atoms with Crippen molar-refractivity contribution in [3.8, 4) is 0 Å². The second kappa shape index (κ2) is 4.44. The highest BCUT2D eigenvalue weighted by Gasteiger charge is 2.18. The van der Waals surface area contributed by atoms with Crippen LogP contribution < -0.4 is 11.0 Å². The van der Waals surface area contributed by atoms with Crippen LogP contribution in [0.3, 0.4) is 0 Å². The largest absolute Gasteiger partial charge is 0.467 e. The SMILES string of the molecule is CNC(c1ccc2[nH]c(=O)[nH]c2c1)c1occc1C. The molecule has 0 aliphatic carbocycles. The van der Waals surface area contributed by atoms with E-state index in [1.54, 1.807) is 6.26 Å². The van der Waals surface area contributed by atoms with Gasteiger partial charge in [0.2, 0.25) is 0 Å². The lowest BCUT2D eigenvalue weighted by Gasteiger charge is -2.15. The van der Waals surface area contributed by atoms with Crippen molar-refractivity contribution in [2.24, 2.45) is 0 Å². The van der Waals surface area contributed by atoms with E-state index in [-0.39, 0.29) is 11.7 Å². The molecule has 0 fully saturated rings. The Morgan fingerprint density at radius 1 is 1.21 bits per heavy atom. The van der Waals surface area contributed by atoms with Crippen molar-refractivity contribution in [2.75, 3.05) is 7.05 Å². The Kier molecular flexibility index (Phi) is 2.76. The fourth-order valence-corrected chi connectivity index (χ4v) is 2.36. The molecule has 3 aromatic rings. The van der Waals surface area contributed by atoms with Crippen molar-refractivity contribution in [3.63, 3.8) is 0 Å². The van der Waals surface area contributed by atoms with E-state index in [1.165, 1.54) is 0 Å². The molecule has 19 heavy (non-hydrogen) atoms. The molecule has 1 aromatic carbocycles. The van der Waals surface area contributed by atoms with Crippen LogP contribution in [0.5, 0.6) is 0 Å². The van der Waals surface area contributed by atoms with Crippen molar-refractivity contribution in [2.45, 2.75) is 13.0 Å². The van der Waals surface area contributed by atoms with Gasteiger partial charge in [0.1, 0.15) is 5.76 Å². The summed E-state index contributed by atoms with van der Waals surface area (Å²) in [6.07, 6.45) is 1.69. The number of imidazole rings is 1. The fraction of sp³-hybridized carbons (Fsp3) is 0.214. The third-order valence-corrected chi connectivity index (χ3v) is 3.33. The molecule has 2 heterocycles. The van der Waals surface area contributed by atoms with Crippen LogP contribution >= 0.6 is 0 Å². The molecule has 0 aliphatic rings. The molecule has 0 saturated heterocycles. The Hall–Kier alpha value is -2.27. The van der Waals surface area contributed by atoms with Gasteiger partial charge in [-0.15, -0.1) is 0 Å². The van der Waals surface area contributed by atoms with Crippen molar-refractivity contribution in [1.82, 2.24) is 15.3 Å². The van der Waals surface area contributed by atoms with Gasteiger partial charge in [-0.2, -0.15) is 0 Å². The normalized spacial score (nSPS) is 12.9. The van der Waals surface area contributed by atoms with Crippen LogP contribution in [0.4, 0.5) is 0 Å². The summed E-state index contributed by atoms with van der Waals surface area (Å²) in [5, 5.41) is 3.24. The monoisotopic (exact) mass is 257 g/mol. The number of aromatic nitrogens is 2. The minimum Gasteiger partial charge on any atom is -0.467 e. The van der Waals surface area contributed by atoms with E-state index in [1.807, 2.05) is 38.2 Å². The van der Waals surface area contributed by atoms with Gasteiger partial charge in [-0.1, -0.05) is 6.07 Å². The average Bonchev–Trinajstić information content (AvgIpc) is 2.95. The first-order valence-corrected chi connectivity index (χ1v) is 6.12. The molecule has 1 unspecified atom stereocenters. The number of aryl methyl sites for hydroxylation is 1. The van der Waals surface area contributed by atoms with E-state index in [9.17, 15) is 4.79 Å². The summed E-state index contributed by atoms with van der Waals surface area (Å²) in [6, 6.07) is 7.74. The number of rotatable bonds is 3. The third kappa shape index (κ3) is 1.98. The molecule has 1 atom stereocenters. The van der Waals surface area contributed by atoms with Gasteiger partial charge in [0.15, 0.2) is 0 Å². The van der Waals surface area contributed by atoms with E-state index in [0.717, 1.165) is 27.9 Å². The highest BCUT2D eigenvalue weighted by Crippen LogP contribution is 2.26. The van der Waals surface area contributed by atoms with Crippen molar-refractivity contribution >= 4 is 11.0 Å². The first kappa shape index (κ1) is 11.8. The Morgan fingerprint density at radius 3 is 2.68 bits per heavy atom. The number of H-pyrrole nitrogens is 2. The summed E-state index contributed by atoms with van der Waals surface area (Å²) in [6.45, 7) is 2.01. The van der Waals surface area contributed by atoms with E-state index >= 15 is 0 Å². The molecular formula is C14H15N3O2. The molecular weight excluding hydrogens is 242 g/mol. The molecule has 0 aliphatic heterocycles. The highest BCUT2D eigenvalue weighted by atomic mass is 16.3. The fourth-order valence-electron chi connectivity index (χ4n) is 2.36. The quantitative estimate of drug-likeness (QED) is 0.672. The lowest BCUT2D eigenvalue weighted by Crippen LogP contribution is -2.17. The van der Waals surface area contributed by atoms with Crippen molar-refractivity contribution < 1.29 is 4.42 Å². The number of furan rings is 1. The standard InChI is InChI=1S/C14H15N3O2/c1-8-5-6-19-13(8)12(15-2)9-3-4-10-11(7-9)17-14(18)16-10/h3-7,12,15H,1-2H3,(H2,16,17,18). The zero-order chi connectivity index (χ0) is 13.4. The molecule has 0 radical (unpaired) electrons. The predicted octanol–water partition coefficient (Wildman–Crippen LogP) is 2.07. The van der Waals surface area contributed by atoms with Gasteiger partial charge in [-0.05, 0) is 43.3 Å². The maximum absolute atomic E-state index is 11.3. The summed E-state index contributed by atoms with van der Waals surface area (Å²) in [5.41, 5.74) is 3.55. The summed E-state index contributed by atoms with van der Waals surface area (Å²) in [7, 11) is 1.89. The topological polar surface area (TPSA) is 73.8 Å². The Morgan fingerprint density at radius 2 is 2.00 bits per heavy atom. The summed E-state index contributed by atoms with van der Waals surface area (Å²) in [4.78, 5) is 16.8. The summed E-state index contributed by atoms with van der Waals surface area (Å²) >= 11 is 0. The van der Waals surface area contributed by atoms with Crippen LogP contribution in [0.15, 0.2) is 39.7 Å². The zero-order valence-electron chi connectivity index (χ0n) is 10.8. The smallest absolute Gasteiger partial charge is 0.323 e. The minimum absolute atomic E-state index is 0.0298. The van der Waals surface area contributed by atoms with Gasteiger partial charge in [-0.25, -0.2) is 4.79 Å². The van der Waals surface area contributed by atoms with E-state index < -0.39 is 0 Å². The van der Waals surface area contributed by atoms with Crippen LogP contribution in [-0.4, -0.2) is 17.0 Å². The summed E-state index contributed by atoms with van der Waals surface area (Å²) in [5.74, 6) is 0.889. The maximum Gasteiger partial charge on any atom is 0.323 e. The van der Waals surface area contributed by atoms with E-state index in [4.69, 9.17) is 4.42 Å². The number of hydrogen-bond acceptors (Lipinski definition) is 3. The number of nitrogens with one attached hydrogen (secondary N) is 3. The molecule has 0 amide bonds. The first-order valence-electron chi connectivity index (χ1n) is 6.12. The Balaban J connectivity index is 2.11. The molecule has 3 N–H and O–H groups in total. The molecule has 5 nitrogen and oxygen atoms in total. The molecule has 3 rings (SSSR count). The van der Waals surface area contributed by atoms with Gasteiger partial charge < -0.3 is 19.7 Å². The Labute approximate surface area is 109 Å². The molecule has 0 saturated carbocycles. The van der Waals surface area contributed by atoms with Crippen LogP contribution in [0.1, 0.15) is 22.9 Å². The van der Waals surface area contributed by atoms with Gasteiger partial charge in [0.25, 0.3) is 0 Å². The first-order chi connectivity index (χ1) is 9.19. The second-order valence-electron chi connectivity index (χ2n) is 4.57. The summed E-state index contributed by atoms with van der Waals surface area (Å²) < 4.78 is 5.55. The van der Waals surface area contributed by atoms with Gasteiger partial charge in [0, 0.05) is 0 Å². The lowest BCUT2D eigenvalue weighted by molar-refractivity contribution is 0.460. The van der Waals surface area contributed by atoms with Crippen LogP contribution in [-0.2, 0) is 0 Å². The second-order valence-corrected chi connectivity index (χ2v) is 4.57. The molecule has 98 valence electrons. The molecule has 2 aromatic heterocycles. The number of fused-ring (bicyclic) bond motifs is 1. The maximum atomic E-state index is 11.3. The molecule has 5 heteroatoms. The highest BCUT2D eigenvalue weighted by molar-refractivity contribution is 5.75. The minimum atomic E-state index is -0.192. The van der Waals surface area contributed by atoms with Gasteiger partial charge in [-0.3, -0.25) is 0 Å². The van der Waals surface area contributed by atoms with Crippen LogP contribution in [0, 0.1) is 6.92 Å². The molecule has 0 spiro atoms. The van der Waals surface area contributed by atoms with Crippen LogP contribution in [0.25, 0.3) is 11.0 Å². The van der Waals surface area contributed by atoms with Gasteiger partial charge >= 0.3 is 5.69 Å². The Bertz CT molecular complexity index is 766. The lowest BCUT2D eigenvalue weighted by atomic mass is 10.0. The average molecular weight is 257 g/mol. The number of aromatic amines is 2. The molecule has 0 bridgehead atoms. The number of benzene rings is 1. The zero-order valence-corrected chi connectivity index (χ0v) is 10.8. The van der Waals surface area contributed by atoms with Crippen molar-refractivity contribution in [3.05, 3.63) is 57.9 Å². The van der Waals surface area contributed by atoms with E-state index in [0.29, 0.717) is 0 Å². The predicted molar refractivity (Wildman–Crippen MR) is 73.3 cm³/mol. The van der Waals surface area contributed by atoms with Crippen LogP contribution in [0.2, 0.25) is 0 Å². The van der Waals surface area contributed by atoms with Gasteiger partial charge in [0.05, 0.1) is 23.3 Å². The van der Waals surface area contributed by atoms with Crippen molar-refractivity contribution in [1.29, 1.82) is 0 Å². The third-order valence-electron chi connectivity index (χ3n) is 3.33. The van der Waals surface area contributed by atoms with E-state index in [2.05, 4.69) is 15.3 Å². The number of hydrogen-bond donors (Lipinski definition) is 3.